The Balaban J connectivity index is 1.29. The molecule has 5 aromatic carbocycles. The second-order valence-corrected chi connectivity index (χ2v) is 13.5. The molecular formula is C39H33BN3O2S. The van der Waals surface area contributed by atoms with E-state index in [9.17, 15) is 5.11 Å². The van der Waals surface area contributed by atoms with E-state index in [4.69, 9.17) is 19.6 Å². The van der Waals surface area contributed by atoms with Gasteiger partial charge in [-0.1, -0.05) is 109 Å². The monoisotopic (exact) mass is 618 g/mol. The van der Waals surface area contributed by atoms with E-state index in [2.05, 4.69) is 60.7 Å². The highest BCUT2D eigenvalue weighted by atomic mass is 32.1. The largest absolute Gasteiger partial charge is 0.427 e. The van der Waals surface area contributed by atoms with Crippen LogP contribution in [0, 0.1) is 0 Å². The lowest BCUT2D eigenvalue weighted by Crippen LogP contribution is -2.49. The molecule has 46 heavy (non-hydrogen) atoms. The van der Waals surface area contributed by atoms with Crippen LogP contribution in [-0.2, 0) is 4.65 Å². The van der Waals surface area contributed by atoms with Gasteiger partial charge in [0.2, 0.25) is 0 Å². The third kappa shape index (κ3) is 5.85. The first kappa shape index (κ1) is 30.0. The van der Waals surface area contributed by atoms with Gasteiger partial charge in [-0.15, -0.1) is 11.3 Å². The van der Waals surface area contributed by atoms with Crippen LogP contribution in [0.4, 0.5) is 0 Å². The molecule has 0 spiro atoms. The Kier molecular flexibility index (Phi) is 7.77. The molecule has 0 bridgehead atoms. The van der Waals surface area contributed by atoms with Crippen molar-refractivity contribution in [1.82, 2.24) is 15.0 Å². The molecule has 0 amide bonds. The standard InChI is InChI=1S/C39H33BN3O2S/c1-38(2,44)39(3,4)45-40-32-24-29(23-31-30-17-11-12-18-33(30)46-34(31)32)25-19-21-28(22-20-25)37-42-35(26-13-7-5-8-14-26)41-36(43-37)27-15-9-6-10-16-27/h5-24,44H,1-4H3. The molecule has 7 rings (SSSR count). The van der Waals surface area contributed by atoms with Gasteiger partial charge < -0.3 is 9.76 Å². The number of rotatable bonds is 8. The summed E-state index contributed by atoms with van der Waals surface area (Å²) in [5, 5.41) is 13.1. The molecule has 7 heteroatoms. The summed E-state index contributed by atoms with van der Waals surface area (Å²) in [6, 6.07) is 41.3. The van der Waals surface area contributed by atoms with E-state index in [1.807, 2.05) is 74.5 Å². The first-order chi connectivity index (χ1) is 22.2. The van der Waals surface area contributed by atoms with Gasteiger partial charge in [0.15, 0.2) is 17.5 Å². The zero-order valence-corrected chi connectivity index (χ0v) is 27.0. The lowest BCUT2D eigenvalue weighted by Gasteiger charge is -2.37. The van der Waals surface area contributed by atoms with Crippen LogP contribution in [0.15, 0.2) is 121 Å². The smallest absolute Gasteiger partial charge is 0.332 e. The van der Waals surface area contributed by atoms with Gasteiger partial charge in [-0.05, 0) is 56.4 Å². The quantitative estimate of drug-likeness (QED) is 0.173. The Labute approximate surface area is 273 Å². The molecule has 0 aliphatic rings. The highest BCUT2D eigenvalue weighted by Crippen LogP contribution is 2.36. The van der Waals surface area contributed by atoms with E-state index in [0.717, 1.165) is 38.0 Å². The molecule has 2 heterocycles. The van der Waals surface area contributed by atoms with E-state index in [1.54, 1.807) is 32.7 Å². The van der Waals surface area contributed by atoms with Gasteiger partial charge in [0.1, 0.15) is 0 Å². The van der Waals surface area contributed by atoms with E-state index >= 15 is 0 Å². The summed E-state index contributed by atoms with van der Waals surface area (Å²) in [7, 11) is 1.80. The Morgan fingerprint density at radius 1 is 0.565 bits per heavy atom. The summed E-state index contributed by atoms with van der Waals surface area (Å²) in [6.07, 6.45) is 0. The van der Waals surface area contributed by atoms with Crippen LogP contribution < -0.4 is 5.46 Å². The van der Waals surface area contributed by atoms with Crippen molar-refractivity contribution >= 4 is 44.5 Å². The number of aliphatic hydroxyl groups is 1. The van der Waals surface area contributed by atoms with Crippen LogP contribution >= 0.6 is 11.3 Å². The highest BCUT2D eigenvalue weighted by Gasteiger charge is 2.36. The number of aromatic nitrogens is 3. The van der Waals surface area contributed by atoms with Gasteiger partial charge in [-0.25, -0.2) is 15.0 Å². The second-order valence-electron chi connectivity index (χ2n) is 12.5. The Morgan fingerprint density at radius 2 is 1.07 bits per heavy atom. The average Bonchev–Trinajstić information content (AvgIpc) is 3.46. The van der Waals surface area contributed by atoms with E-state index in [1.165, 1.54) is 15.5 Å². The minimum atomic E-state index is -1.02. The van der Waals surface area contributed by atoms with Crippen molar-refractivity contribution in [3.63, 3.8) is 0 Å². The first-order valence-electron chi connectivity index (χ1n) is 15.3. The number of hydrogen-bond acceptors (Lipinski definition) is 6. The minimum absolute atomic E-state index is 0.620. The lowest BCUT2D eigenvalue weighted by atomic mass is 9.81. The summed E-state index contributed by atoms with van der Waals surface area (Å²) in [5.74, 6) is 1.89. The molecule has 1 radical (unpaired) electrons. The van der Waals surface area contributed by atoms with Crippen molar-refractivity contribution < 1.29 is 9.76 Å². The van der Waals surface area contributed by atoms with Crippen LogP contribution in [0.2, 0.25) is 0 Å². The number of thiophene rings is 1. The molecule has 0 unspecified atom stereocenters. The molecule has 0 atom stereocenters. The predicted molar refractivity (Wildman–Crippen MR) is 191 cm³/mol. The van der Waals surface area contributed by atoms with Gasteiger partial charge in [-0.3, -0.25) is 0 Å². The molecule has 0 aliphatic heterocycles. The minimum Gasteiger partial charge on any atom is -0.427 e. The number of fused-ring (bicyclic) bond motifs is 3. The van der Waals surface area contributed by atoms with Crippen molar-refractivity contribution in [2.45, 2.75) is 38.9 Å². The van der Waals surface area contributed by atoms with Crippen molar-refractivity contribution in [2.24, 2.45) is 0 Å². The maximum absolute atomic E-state index is 10.7. The molecular weight excluding hydrogens is 585 g/mol. The average molecular weight is 619 g/mol. The second kappa shape index (κ2) is 11.9. The van der Waals surface area contributed by atoms with Gasteiger partial charge >= 0.3 is 7.48 Å². The molecule has 7 aromatic rings. The number of nitrogens with zero attached hydrogens (tertiary/aromatic N) is 3. The Hall–Kier alpha value is -4.69. The SMILES string of the molecule is CC(C)(O)C(C)(C)O[B]c1cc(-c2ccc(-c3nc(-c4ccccc4)nc(-c4ccccc4)n3)cc2)cc2c1sc1ccccc12. The normalized spacial score (nSPS) is 12.1. The third-order valence-corrected chi connectivity index (χ3v) is 9.87. The van der Waals surface area contributed by atoms with E-state index in [0.29, 0.717) is 17.5 Å². The molecule has 1 N–H and O–H groups in total. The van der Waals surface area contributed by atoms with Crippen molar-refractivity contribution in [3.8, 4) is 45.3 Å². The third-order valence-electron chi connectivity index (χ3n) is 8.64. The lowest BCUT2D eigenvalue weighted by molar-refractivity contribution is -0.0893. The summed E-state index contributed by atoms with van der Waals surface area (Å²) < 4.78 is 8.63. The Morgan fingerprint density at radius 3 is 1.63 bits per heavy atom. The summed E-state index contributed by atoms with van der Waals surface area (Å²) in [6.45, 7) is 7.35. The van der Waals surface area contributed by atoms with Crippen LogP contribution in [-0.4, -0.2) is 38.7 Å². The fraction of sp³-hybridized carbons (Fsp3) is 0.154. The van der Waals surface area contributed by atoms with Crippen molar-refractivity contribution in [2.75, 3.05) is 0 Å². The zero-order valence-electron chi connectivity index (χ0n) is 26.2. The summed E-state index contributed by atoms with van der Waals surface area (Å²) in [4.78, 5) is 14.6. The fourth-order valence-electron chi connectivity index (χ4n) is 5.21. The number of benzene rings is 5. The van der Waals surface area contributed by atoms with Gasteiger partial charge in [0, 0.05) is 36.9 Å². The van der Waals surface area contributed by atoms with Crippen LogP contribution in [0.1, 0.15) is 27.7 Å². The molecule has 0 saturated heterocycles. The summed E-state index contributed by atoms with van der Waals surface area (Å²) in [5.41, 5.74) is 4.10. The maximum Gasteiger partial charge on any atom is 0.332 e. The van der Waals surface area contributed by atoms with Gasteiger partial charge in [-0.2, -0.15) is 0 Å². The predicted octanol–water partition coefficient (Wildman–Crippen LogP) is 8.72. The van der Waals surface area contributed by atoms with Crippen molar-refractivity contribution in [3.05, 3.63) is 121 Å². The fourth-order valence-corrected chi connectivity index (χ4v) is 6.37. The molecule has 5 nitrogen and oxygen atoms in total. The molecule has 2 aromatic heterocycles. The maximum atomic E-state index is 10.7. The van der Waals surface area contributed by atoms with Crippen LogP contribution in [0.3, 0.4) is 0 Å². The topological polar surface area (TPSA) is 68.1 Å². The van der Waals surface area contributed by atoms with Crippen molar-refractivity contribution in [1.29, 1.82) is 0 Å². The Bertz CT molecular complexity index is 2100. The number of hydrogen-bond donors (Lipinski definition) is 1. The molecule has 0 fully saturated rings. The zero-order chi connectivity index (χ0) is 31.9. The highest BCUT2D eigenvalue weighted by molar-refractivity contribution is 7.27. The van der Waals surface area contributed by atoms with Gasteiger partial charge in [0.05, 0.1) is 11.2 Å². The molecule has 0 saturated carbocycles. The van der Waals surface area contributed by atoms with E-state index < -0.39 is 11.2 Å². The molecule has 0 aliphatic carbocycles. The van der Waals surface area contributed by atoms with E-state index in [-0.39, 0.29) is 0 Å². The summed E-state index contributed by atoms with van der Waals surface area (Å²) >= 11 is 1.75. The van der Waals surface area contributed by atoms with Crippen LogP contribution in [0.5, 0.6) is 0 Å². The molecule has 225 valence electrons. The van der Waals surface area contributed by atoms with Crippen LogP contribution in [0.25, 0.3) is 65.5 Å². The first-order valence-corrected chi connectivity index (χ1v) is 16.1. The van der Waals surface area contributed by atoms with Gasteiger partial charge in [0.25, 0.3) is 0 Å².